The van der Waals surface area contributed by atoms with Crippen molar-refractivity contribution < 1.29 is 0 Å². The number of allylic oxidation sites excluding steroid dienone is 1. The zero-order valence-corrected chi connectivity index (χ0v) is 32.8. The van der Waals surface area contributed by atoms with E-state index in [1.807, 2.05) is 0 Å². The van der Waals surface area contributed by atoms with Crippen molar-refractivity contribution in [1.82, 2.24) is 4.57 Å². The van der Waals surface area contributed by atoms with Gasteiger partial charge in [-0.2, -0.15) is 0 Å². The Balaban J connectivity index is 1.06. The van der Waals surface area contributed by atoms with Gasteiger partial charge >= 0.3 is 0 Å². The molecule has 0 fully saturated rings. The van der Waals surface area contributed by atoms with Gasteiger partial charge in [0, 0.05) is 44.6 Å². The molecule has 2 nitrogen and oxygen atoms in total. The summed E-state index contributed by atoms with van der Waals surface area (Å²) < 4.78 is 2.58. The number of para-hydroxylation sites is 2. The Morgan fingerprint density at radius 3 is 1.92 bits per heavy atom. The van der Waals surface area contributed by atoms with Crippen LogP contribution in [0.5, 0.6) is 0 Å². The number of rotatable bonds is 5. The fourth-order valence-electron chi connectivity index (χ4n) is 10.2. The van der Waals surface area contributed by atoms with E-state index in [1.165, 1.54) is 99.5 Å². The molecule has 0 saturated heterocycles. The fourth-order valence-corrected chi connectivity index (χ4v) is 10.2. The highest BCUT2D eigenvalue weighted by atomic mass is 15.0. The van der Waals surface area contributed by atoms with Crippen molar-refractivity contribution in [2.24, 2.45) is 0 Å². The van der Waals surface area contributed by atoms with Gasteiger partial charge in [-0.15, -0.1) is 0 Å². The van der Waals surface area contributed by atoms with E-state index >= 15 is 0 Å². The van der Waals surface area contributed by atoms with Crippen molar-refractivity contribution in [3.8, 4) is 39.1 Å². The van der Waals surface area contributed by atoms with Gasteiger partial charge in [-0.3, -0.25) is 0 Å². The van der Waals surface area contributed by atoms with Crippen molar-refractivity contribution in [3.63, 3.8) is 0 Å². The van der Waals surface area contributed by atoms with Crippen LogP contribution in [0.3, 0.4) is 0 Å². The van der Waals surface area contributed by atoms with Crippen LogP contribution in [0, 0.1) is 0 Å². The molecule has 2 heterocycles. The summed E-state index contributed by atoms with van der Waals surface area (Å²) in [5, 5.41) is 10.2. The van der Waals surface area contributed by atoms with Crippen LogP contribution in [-0.2, 0) is 5.41 Å². The van der Waals surface area contributed by atoms with Crippen LogP contribution < -0.4 is 5.32 Å². The summed E-state index contributed by atoms with van der Waals surface area (Å²) in [5.74, 6) is 0. The molecule has 1 unspecified atom stereocenters. The summed E-state index contributed by atoms with van der Waals surface area (Å²) in [6.45, 7) is 2.49. The van der Waals surface area contributed by atoms with Crippen LogP contribution in [-0.4, -0.2) is 4.57 Å². The van der Waals surface area contributed by atoms with Gasteiger partial charge in [0.15, 0.2) is 0 Å². The van der Waals surface area contributed by atoms with Gasteiger partial charge in [0.25, 0.3) is 0 Å². The molecule has 1 atom stereocenters. The predicted molar refractivity (Wildman–Crippen MR) is 250 cm³/mol. The third-order valence-electron chi connectivity index (χ3n) is 12.9. The average Bonchev–Trinajstić information content (AvgIpc) is 3.60. The minimum Gasteiger partial charge on any atom is -0.355 e. The second-order valence-electron chi connectivity index (χ2n) is 16.4. The molecule has 2 aliphatic rings. The third kappa shape index (κ3) is 5.26. The molecular weight excluding hydrogens is 713 g/mol. The highest BCUT2D eigenvalue weighted by Gasteiger charge is 2.43. The van der Waals surface area contributed by atoms with Crippen molar-refractivity contribution in [2.75, 3.05) is 5.32 Å². The van der Waals surface area contributed by atoms with Crippen LogP contribution in [0.25, 0.3) is 83.2 Å². The SMILES string of the molecule is CC12CC(c3ccc(Nc4cc(-c5ccccc5)c5ccccc5c4)c(-c4ccccc4)c3)=Cc3c1n(c1ccccc31)-c1ccccc1-c1cc3ccccc3cc12. The van der Waals surface area contributed by atoms with Gasteiger partial charge in [0.05, 0.1) is 11.2 Å². The lowest BCUT2D eigenvalue weighted by molar-refractivity contribution is 0.560. The molecule has 0 amide bonds. The van der Waals surface area contributed by atoms with Crippen LogP contribution in [0.2, 0.25) is 0 Å². The number of nitrogens with one attached hydrogen (secondary N) is 1. The Morgan fingerprint density at radius 2 is 1.12 bits per heavy atom. The highest BCUT2D eigenvalue weighted by molar-refractivity contribution is 6.04. The largest absolute Gasteiger partial charge is 0.355 e. The van der Waals surface area contributed by atoms with Gasteiger partial charge in [0.2, 0.25) is 0 Å². The van der Waals surface area contributed by atoms with E-state index in [0.717, 1.165) is 17.8 Å². The van der Waals surface area contributed by atoms with E-state index in [-0.39, 0.29) is 5.41 Å². The molecule has 1 aliphatic heterocycles. The smallest absolute Gasteiger partial charge is 0.0538 e. The molecule has 278 valence electrons. The average molecular weight is 753 g/mol. The van der Waals surface area contributed by atoms with E-state index in [4.69, 9.17) is 0 Å². The normalized spacial score (nSPS) is 15.3. The number of hydrogen-bond acceptors (Lipinski definition) is 1. The minimum absolute atomic E-state index is 0.320. The molecule has 1 aromatic heterocycles. The molecular formula is C57H40N2. The zero-order valence-electron chi connectivity index (χ0n) is 32.8. The first-order valence-corrected chi connectivity index (χ1v) is 20.6. The van der Waals surface area contributed by atoms with Crippen LogP contribution in [0.15, 0.2) is 200 Å². The monoisotopic (exact) mass is 752 g/mol. The first-order valence-electron chi connectivity index (χ1n) is 20.6. The number of hydrogen-bond donors (Lipinski definition) is 1. The van der Waals surface area contributed by atoms with E-state index in [2.05, 4.69) is 223 Å². The Kier molecular flexibility index (Phi) is 7.46. The van der Waals surface area contributed by atoms with Gasteiger partial charge in [0.1, 0.15) is 0 Å². The third-order valence-corrected chi connectivity index (χ3v) is 12.9. The Morgan fingerprint density at radius 1 is 0.475 bits per heavy atom. The highest BCUT2D eigenvalue weighted by Crippen LogP contribution is 2.56. The van der Waals surface area contributed by atoms with E-state index < -0.39 is 0 Å². The first-order chi connectivity index (χ1) is 29.1. The van der Waals surface area contributed by atoms with Crippen molar-refractivity contribution >= 4 is 55.5 Å². The van der Waals surface area contributed by atoms with Crippen molar-refractivity contribution in [3.05, 3.63) is 223 Å². The van der Waals surface area contributed by atoms with Gasteiger partial charge < -0.3 is 9.88 Å². The lowest BCUT2D eigenvalue weighted by Gasteiger charge is -2.37. The lowest BCUT2D eigenvalue weighted by Crippen LogP contribution is -2.29. The maximum atomic E-state index is 3.91. The van der Waals surface area contributed by atoms with E-state index in [1.54, 1.807) is 0 Å². The number of aromatic nitrogens is 1. The number of anilines is 2. The molecule has 9 aromatic carbocycles. The zero-order chi connectivity index (χ0) is 39.1. The number of nitrogens with zero attached hydrogens (tertiary/aromatic N) is 1. The summed E-state index contributed by atoms with van der Waals surface area (Å²) in [5.41, 5.74) is 18.3. The van der Waals surface area contributed by atoms with Gasteiger partial charge in [-0.25, -0.2) is 0 Å². The summed E-state index contributed by atoms with van der Waals surface area (Å²) in [4.78, 5) is 0. The minimum atomic E-state index is -0.320. The molecule has 0 radical (unpaired) electrons. The lowest BCUT2D eigenvalue weighted by atomic mass is 9.67. The summed E-state index contributed by atoms with van der Waals surface area (Å²) in [7, 11) is 0. The molecule has 1 N–H and O–H groups in total. The summed E-state index contributed by atoms with van der Waals surface area (Å²) >= 11 is 0. The molecule has 12 rings (SSSR count). The maximum absolute atomic E-state index is 3.91. The first kappa shape index (κ1) is 33.7. The molecule has 0 bridgehead atoms. The molecule has 0 saturated carbocycles. The topological polar surface area (TPSA) is 17.0 Å². The quantitative estimate of drug-likeness (QED) is 0.185. The molecule has 0 spiro atoms. The Bertz CT molecular complexity index is 3330. The standard InChI is InChI=1S/C57H40N2/c1-57-36-43(33-51-47-25-13-15-27-55(47)59(56(51)57)54-26-14-12-24-46(54)50-32-39-20-8-9-21-40(39)34-52(50)57)41-28-29-53(49(31-41)38-18-6-3-7-19-38)58-44-30-42-22-10-11-23-45(42)48(35-44)37-16-4-2-5-17-37/h2-35,58H,36H2,1H3. The van der Waals surface area contributed by atoms with Crippen LogP contribution in [0.4, 0.5) is 11.4 Å². The molecule has 10 aromatic rings. The molecule has 2 heteroatoms. The maximum Gasteiger partial charge on any atom is 0.0538 e. The van der Waals surface area contributed by atoms with Gasteiger partial charge in [-0.05, 0) is 128 Å². The summed E-state index contributed by atoms with van der Waals surface area (Å²) in [6, 6.07) is 73.6. The predicted octanol–water partition coefficient (Wildman–Crippen LogP) is 15.2. The second-order valence-corrected chi connectivity index (χ2v) is 16.4. The Hall–Kier alpha value is -7.42. The summed E-state index contributed by atoms with van der Waals surface area (Å²) in [6.07, 6.45) is 3.36. The molecule has 59 heavy (non-hydrogen) atoms. The fraction of sp³-hybridized carbons (Fsp3) is 0.0526. The van der Waals surface area contributed by atoms with Crippen LogP contribution in [0.1, 0.15) is 35.7 Å². The number of benzene rings is 9. The van der Waals surface area contributed by atoms with Crippen LogP contribution >= 0.6 is 0 Å². The van der Waals surface area contributed by atoms with Crippen molar-refractivity contribution in [1.29, 1.82) is 0 Å². The number of fused-ring (bicyclic) bond motifs is 10. The van der Waals surface area contributed by atoms with E-state index in [0.29, 0.717) is 0 Å². The van der Waals surface area contributed by atoms with Crippen molar-refractivity contribution in [2.45, 2.75) is 18.8 Å². The Labute approximate surface area is 344 Å². The second kappa shape index (κ2) is 13.1. The van der Waals surface area contributed by atoms with Gasteiger partial charge in [-0.1, -0.05) is 152 Å². The molecule has 1 aliphatic carbocycles. The van der Waals surface area contributed by atoms with E-state index in [9.17, 15) is 0 Å².